The fourth-order valence-corrected chi connectivity index (χ4v) is 3.00. The van der Waals surface area contributed by atoms with Crippen molar-refractivity contribution in [3.8, 4) is 0 Å². The Kier molecular flexibility index (Phi) is 5.98. The van der Waals surface area contributed by atoms with Gasteiger partial charge in [-0.15, -0.1) is 0 Å². The predicted octanol–water partition coefficient (Wildman–Crippen LogP) is 3.21. The molecule has 2 rings (SSSR count). The van der Waals surface area contributed by atoms with Crippen LogP contribution in [0.5, 0.6) is 0 Å². The van der Waals surface area contributed by atoms with Crippen molar-refractivity contribution in [1.29, 1.82) is 0 Å². The van der Waals surface area contributed by atoms with E-state index in [1.54, 1.807) is 6.92 Å². The van der Waals surface area contributed by atoms with Gasteiger partial charge in [0.05, 0.1) is 12.2 Å². The Morgan fingerprint density at radius 1 is 1.12 bits per heavy atom. The van der Waals surface area contributed by atoms with E-state index in [9.17, 15) is 22.8 Å². The molecule has 5 nitrogen and oxygen atoms in total. The van der Waals surface area contributed by atoms with E-state index in [1.807, 2.05) is 0 Å². The van der Waals surface area contributed by atoms with Crippen molar-refractivity contribution < 1.29 is 27.5 Å². The number of thioether (sulfide) groups is 1. The molecule has 0 N–H and O–H groups in total. The standard InChI is InChI=1S/C15H17F3N2O3S/c1-2-23-14(22)20-9-7-19(8-10-20)13(21)11-5-3-4-6-12(11)24-15(16,17)18/h3-6H,2,7-10H2,1H3. The van der Waals surface area contributed by atoms with Gasteiger partial charge in [0.1, 0.15) is 0 Å². The maximum absolute atomic E-state index is 12.6. The molecule has 0 radical (unpaired) electrons. The number of alkyl halides is 3. The van der Waals surface area contributed by atoms with Crippen molar-refractivity contribution in [3.05, 3.63) is 29.8 Å². The molecule has 1 fully saturated rings. The first-order valence-electron chi connectivity index (χ1n) is 7.37. The van der Waals surface area contributed by atoms with Crippen LogP contribution in [0.15, 0.2) is 29.2 Å². The van der Waals surface area contributed by atoms with Gasteiger partial charge in [0.15, 0.2) is 0 Å². The molecule has 0 unspecified atom stereocenters. The highest BCUT2D eigenvalue weighted by Gasteiger charge is 2.33. The molecule has 0 saturated carbocycles. The highest BCUT2D eigenvalue weighted by Crippen LogP contribution is 2.38. The second-order valence-electron chi connectivity index (χ2n) is 5.02. The van der Waals surface area contributed by atoms with Crippen molar-refractivity contribution in [2.75, 3.05) is 32.8 Å². The summed E-state index contributed by atoms with van der Waals surface area (Å²) in [5, 5.41) is 0. The maximum Gasteiger partial charge on any atom is 0.446 e. The molecule has 2 amide bonds. The number of amides is 2. The summed E-state index contributed by atoms with van der Waals surface area (Å²) in [6.45, 7) is 3.05. The lowest BCUT2D eigenvalue weighted by molar-refractivity contribution is -0.0328. The number of ether oxygens (including phenoxy) is 1. The zero-order valence-electron chi connectivity index (χ0n) is 13.0. The fourth-order valence-electron chi connectivity index (χ4n) is 2.33. The van der Waals surface area contributed by atoms with Gasteiger partial charge in [0.2, 0.25) is 0 Å². The molecular formula is C15H17F3N2O3S. The maximum atomic E-state index is 12.6. The number of piperazine rings is 1. The molecular weight excluding hydrogens is 345 g/mol. The Morgan fingerprint density at radius 2 is 1.71 bits per heavy atom. The SMILES string of the molecule is CCOC(=O)N1CCN(C(=O)c2ccccc2SC(F)(F)F)CC1. The molecule has 1 aromatic rings. The molecule has 1 saturated heterocycles. The van der Waals surface area contributed by atoms with E-state index in [0.29, 0.717) is 13.1 Å². The third-order valence-electron chi connectivity index (χ3n) is 3.44. The summed E-state index contributed by atoms with van der Waals surface area (Å²) in [7, 11) is 0. The van der Waals surface area contributed by atoms with E-state index >= 15 is 0 Å². The summed E-state index contributed by atoms with van der Waals surface area (Å²) < 4.78 is 42.7. The molecule has 1 aliphatic heterocycles. The summed E-state index contributed by atoms with van der Waals surface area (Å²) in [4.78, 5) is 26.9. The van der Waals surface area contributed by atoms with Crippen molar-refractivity contribution in [3.63, 3.8) is 0 Å². The summed E-state index contributed by atoms with van der Waals surface area (Å²) in [5.41, 5.74) is -4.44. The average Bonchev–Trinajstić information content (AvgIpc) is 2.53. The Labute approximate surface area is 141 Å². The third kappa shape index (κ3) is 4.80. The number of carbonyl (C=O) groups excluding carboxylic acids is 2. The predicted molar refractivity (Wildman–Crippen MR) is 82.9 cm³/mol. The molecule has 9 heteroatoms. The minimum atomic E-state index is -4.46. The van der Waals surface area contributed by atoms with Gasteiger partial charge in [-0.3, -0.25) is 4.79 Å². The molecule has 24 heavy (non-hydrogen) atoms. The highest BCUT2D eigenvalue weighted by molar-refractivity contribution is 8.00. The fraction of sp³-hybridized carbons (Fsp3) is 0.467. The molecule has 0 aliphatic carbocycles. The van der Waals surface area contributed by atoms with E-state index in [0.717, 1.165) is 0 Å². The number of halogens is 3. The van der Waals surface area contributed by atoms with Crippen molar-refractivity contribution in [2.45, 2.75) is 17.3 Å². The lowest BCUT2D eigenvalue weighted by Crippen LogP contribution is -2.50. The number of benzene rings is 1. The summed E-state index contributed by atoms with van der Waals surface area (Å²) in [6, 6.07) is 5.65. The molecule has 0 bridgehead atoms. The van der Waals surface area contributed by atoms with Gasteiger partial charge in [-0.25, -0.2) is 4.79 Å². The number of nitrogens with zero attached hydrogens (tertiary/aromatic N) is 2. The molecule has 132 valence electrons. The number of hydrogen-bond donors (Lipinski definition) is 0. The van der Waals surface area contributed by atoms with Gasteiger partial charge in [-0.2, -0.15) is 13.2 Å². The summed E-state index contributed by atoms with van der Waals surface area (Å²) >= 11 is -0.300. The molecule has 1 aliphatic rings. The number of rotatable bonds is 3. The number of hydrogen-bond acceptors (Lipinski definition) is 4. The second kappa shape index (κ2) is 7.78. The van der Waals surface area contributed by atoms with Crippen LogP contribution >= 0.6 is 11.8 Å². The Balaban J connectivity index is 2.05. The van der Waals surface area contributed by atoms with Gasteiger partial charge in [-0.1, -0.05) is 12.1 Å². The zero-order valence-corrected chi connectivity index (χ0v) is 13.8. The van der Waals surface area contributed by atoms with Gasteiger partial charge in [0.25, 0.3) is 5.91 Å². The second-order valence-corrected chi connectivity index (χ2v) is 6.13. The van der Waals surface area contributed by atoms with E-state index in [4.69, 9.17) is 4.74 Å². The normalized spacial score (nSPS) is 15.3. The first-order chi connectivity index (χ1) is 11.3. The molecule has 1 heterocycles. The van der Waals surface area contributed by atoms with Crippen LogP contribution in [0, 0.1) is 0 Å². The van der Waals surface area contributed by atoms with E-state index in [1.165, 1.54) is 34.1 Å². The monoisotopic (exact) mass is 362 g/mol. The third-order valence-corrected chi connectivity index (χ3v) is 4.24. The lowest BCUT2D eigenvalue weighted by atomic mass is 10.2. The molecule has 1 aromatic carbocycles. The lowest BCUT2D eigenvalue weighted by Gasteiger charge is -2.34. The average molecular weight is 362 g/mol. The van der Waals surface area contributed by atoms with Crippen LogP contribution in [0.25, 0.3) is 0 Å². The van der Waals surface area contributed by atoms with E-state index in [-0.39, 0.29) is 41.9 Å². The van der Waals surface area contributed by atoms with Crippen LogP contribution in [-0.2, 0) is 4.74 Å². The summed E-state index contributed by atoms with van der Waals surface area (Å²) in [6.07, 6.45) is -0.447. The zero-order chi connectivity index (χ0) is 17.7. The van der Waals surface area contributed by atoms with Crippen LogP contribution in [0.2, 0.25) is 0 Å². The van der Waals surface area contributed by atoms with Gasteiger partial charge in [0, 0.05) is 31.1 Å². The van der Waals surface area contributed by atoms with Crippen LogP contribution in [-0.4, -0.2) is 60.1 Å². The minimum absolute atomic E-state index is 0.0180. The van der Waals surface area contributed by atoms with Gasteiger partial charge >= 0.3 is 11.6 Å². The topological polar surface area (TPSA) is 49.9 Å². The Morgan fingerprint density at radius 3 is 2.29 bits per heavy atom. The van der Waals surface area contributed by atoms with Crippen molar-refractivity contribution >= 4 is 23.8 Å². The van der Waals surface area contributed by atoms with Crippen LogP contribution in [0.1, 0.15) is 17.3 Å². The van der Waals surface area contributed by atoms with Crippen molar-refractivity contribution in [1.82, 2.24) is 9.80 Å². The van der Waals surface area contributed by atoms with E-state index < -0.39 is 17.5 Å². The minimum Gasteiger partial charge on any atom is -0.450 e. The molecule has 0 atom stereocenters. The largest absolute Gasteiger partial charge is 0.450 e. The first kappa shape index (κ1) is 18.4. The van der Waals surface area contributed by atoms with Gasteiger partial charge in [-0.05, 0) is 30.8 Å². The van der Waals surface area contributed by atoms with Crippen LogP contribution < -0.4 is 0 Å². The van der Waals surface area contributed by atoms with Gasteiger partial charge < -0.3 is 14.5 Å². The molecule has 0 aromatic heterocycles. The number of carbonyl (C=O) groups is 2. The Hall–Kier alpha value is -1.90. The van der Waals surface area contributed by atoms with Crippen LogP contribution in [0.4, 0.5) is 18.0 Å². The first-order valence-corrected chi connectivity index (χ1v) is 8.19. The summed E-state index contributed by atoms with van der Waals surface area (Å²) in [5.74, 6) is -0.467. The smallest absolute Gasteiger partial charge is 0.446 e. The van der Waals surface area contributed by atoms with Crippen LogP contribution in [0.3, 0.4) is 0 Å². The quantitative estimate of drug-likeness (QED) is 0.775. The van der Waals surface area contributed by atoms with E-state index in [2.05, 4.69) is 0 Å². The van der Waals surface area contributed by atoms with Crippen molar-refractivity contribution in [2.24, 2.45) is 0 Å². The molecule has 0 spiro atoms. The Bertz CT molecular complexity index is 602. The highest BCUT2D eigenvalue weighted by atomic mass is 32.2.